The van der Waals surface area contributed by atoms with Crippen LogP contribution in [0.25, 0.3) is 188 Å². The van der Waals surface area contributed by atoms with Crippen LogP contribution in [0.2, 0.25) is 26.2 Å². The van der Waals surface area contributed by atoms with Crippen LogP contribution >= 0.6 is 0 Å². The lowest BCUT2D eigenvalue weighted by Crippen LogP contribution is -2.72. The summed E-state index contributed by atoms with van der Waals surface area (Å²) < 4.78 is 0. The van der Waals surface area contributed by atoms with Crippen LogP contribution in [0.3, 0.4) is 0 Å². The van der Waals surface area contributed by atoms with Gasteiger partial charge in [-0.3, -0.25) is 0 Å². The second kappa shape index (κ2) is 29.6. The molecule has 0 fully saturated rings. The van der Waals surface area contributed by atoms with Crippen LogP contribution in [0.15, 0.2) is 449 Å². The molecule has 22 aromatic rings. The molecule has 4 heterocycles. The molecule has 0 aromatic heterocycles. The average molecular weight is 1820 g/mol. The van der Waals surface area contributed by atoms with E-state index in [0.29, 0.717) is 0 Å². The van der Waals surface area contributed by atoms with Crippen molar-refractivity contribution in [1.29, 1.82) is 0 Å². The molecule has 6 aliphatic rings. The molecule has 138 heavy (non-hydrogen) atoms. The van der Waals surface area contributed by atoms with Crippen molar-refractivity contribution in [3.8, 4) is 145 Å². The van der Waals surface area contributed by atoms with Crippen LogP contribution in [0, 0.1) is 0 Å². The standard InChI is InChI=1S/C134H98Si4/c1-133(2)115-65-23-18-44-93(115)102-61-32-63-108(131(102)133)125-100-55-30-51-91(96-59-36-72-123-129(96)106-47-21-26-68-119(106)137(123,85-38-12-9-13-39-85)86-40-14-10-15-41-86)112(100)82-113-92(52-31-56-101(113)125)97-60-37-73-124-130(97)107-48-22-27-69-120(107)138(124,87-42-16-11-17-43-87)88-77-74-83(75-78-88)84-76-79-116-114(80-84)103-62-33-64-109(132(103)134(116,3)4)126-98-53-28-49-89(94-57-34-70-121-127(94)104-45-19-24-66-117(104)135(121,5)6)110(98)81-111-90(50-29-54-99(111)126)95-58-35-71-122-128(95)105-46-20-25-67-118(105)136(122,7)8/h9-82H,1-8H3. The minimum Gasteiger partial charge on any atom is -0.0623 e. The van der Waals surface area contributed by atoms with E-state index in [9.17, 15) is 0 Å². The van der Waals surface area contributed by atoms with Gasteiger partial charge in [-0.25, -0.2) is 0 Å². The van der Waals surface area contributed by atoms with Crippen LogP contribution < -0.4 is 62.2 Å². The predicted octanol–water partition coefficient (Wildman–Crippen LogP) is 26.9. The topological polar surface area (TPSA) is 0 Å². The van der Waals surface area contributed by atoms with E-state index >= 15 is 0 Å². The minimum absolute atomic E-state index is 0.286. The molecule has 2 aliphatic carbocycles. The molecule has 1 unspecified atom stereocenters. The van der Waals surface area contributed by atoms with Gasteiger partial charge in [0.15, 0.2) is 16.1 Å². The molecule has 0 spiro atoms. The summed E-state index contributed by atoms with van der Waals surface area (Å²) in [6, 6.07) is 176. The summed E-state index contributed by atoms with van der Waals surface area (Å²) in [5, 5.41) is 27.5. The fourth-order valence-electron chi connectivity index (χ4n) is 27.8. The van der Waals surface area contributed by atoms with Gasteiger partial charge in [-0.05, 0) is 290 Å². The molecular formula is C134H98Si4. The number of hydrogen-bond donors (Lipinski definition) is 0. The zero-order chi connectivity index (χ0) is 92.2. The van der Waals surface area contributed by atoms with Gasteiger partial charge in [-0.2, -0.15) is 0 Å². The smallest absolute Gasteiger partial charge is 0.0623 e. The van der Waals surface area contributed by atoms with Gasteiger partial charge in [0.25, 0.3) is 0 Å². The molecule has 0 N–H and O–H groups in total. The quantitative estimate of drug-likeness (QED) is 0.0894. The number of fused-ring (bicyclic) bond motifs is 22. The molecule has 22 aromatic carbocycles. The second-order valence-electron chi connectivity index (χ2n) is 41.6. The molecule has 650 valence electrons. The van der Waals surface area contributed by atoms with Gasteiger partial charge >= 0.3 is 0 Å². The molecule has 0 amide bonds. The normalized spacial score (nSPS) is 15.9. The Bertz CT molecular complexity index is 8860. The largest absolute Gasteiger partial charge is 0.180 e. The fraction of sp³-hybridized carbons (Fsp3) is 0.0746. The van der Waals surface area contributed by atoms with Gasteiger partial charge in [0, 0.05) is 10.8 Å². The van der Waals surface area contributed by atoms with Gasteiger partial charge in [0.1, 0.15) is 16.1 Å². The Kier molecular flexibility index (Phi) is 17.4. The highest BCUT2D eigenvalue weighted by Crippen LogP contribution is 2.59. The monoisotopic (exact) mass is 1820 g/mol. The number of rotatable bonds is 11. The first-order valence-electron chi connectivity index (χ1n) is 49.3. The van der Waals surface area contributed by atoms with E-state index in [1.54, 1.807) is 0 Å². The Morgan fingerprint density at radius 1 is 0.152 bits per heavy atom. The van der Waals surface area contributed by atoms with Crippen molar-refractivity contribution in [3.05, 3.63) is 471 Å². The predicted molar refractivity (Wildman–Crippen MR) is 599 cm³/mol. The molecule has 28 rings (SSSR count). The Morgan fingerprint density at radius 3 is 0.812 bits per heavy atom. The molecular weight excluding hydrogens is 1720 g/mol. The summed E-state index contributed by atoms with van der Waals surface area (Å²) in [5.41, 5.74) is 38.8. The first-order chi connectivity index (χ1) is 67.5. The molecule has 1 atom stereocenters. The SMILES string of the molecule is CC1(C)c2ccc(-c3ccc([Si]4(c5ccccc5)c5ccccc5-c5c(-c6cccc7c(-c8cccc9c8C(C)(C)c8ccccc8-9)c8cccc(-c9cccc%10c9-c9ccccc9[Si]%10(c9ccccc9)c9ccccc9)c8cc67)cccc54)cc3)cc2-c2cccc(-c3c4cccc(-c5cccc6c5-c5ccccc5[Si]6(C)C)c4cc4c(-c5cccc6c5-c5ccccc5[Si]6(C)C)cccc34)c21. The molecule has 0 nitrogen and oxygen atoms in total. The van der Waals surface area contributed by atoms with Gasteiger partial charge in [-0.1, -0.05) is 485 Å². The summed E-state index contributed by atoms with van der Waals surface area (Å²) >= 11 is 0. The molecule has 4 heteroatoms. The minimum atomic E-state index is -3.15. The number of hydrogen-bond acceptors (Lipinski definition) is 0. The van der Waals surface area contributed by atoms with Crippen molar-refractivity contribution in [3.63, 3.8) is 0 Å². The maximum atomic E-state index is 2.62. The highest BCUT2D eigenvalue weighted by molar-refractivity contribution is 7.23. The van der Waals surface area contributed by atoms with Crippen molar-refractivity contribution < 1.29 is 0 Å². The van der Waals surface area contributed by atoms with E-state index in [4.69, 9.17) is 0 Å². The van der Waals surface area contributed by atoms with Gasteiger partial charge in [0.2, 0.25) is 0 Å². The van der Waals surface area contributed by atoms with Gasteiger partial charge < -0.3 is 0 Å². The lowest BCUT2D eigenvalue weighted by atomic mass is 9.76. The van der Waals surface area contributed by atoms with E-state index < -0.39 is 32.3 Å². The fourth-order valence-corrected chi connectivity index (χ4v) is 44.4. The second-order valence-corrected chi connectivity index (χ2v) is 57.8. The first kappa shape index (κ1) is 81.1. The van der Waals surface area contributed by atoms with Crippen molar-refractivity contribution in [2.45, 2.75) is 64.7 Å². The third kappa shape index (κ3) is 10.9. The Hall–Kier alpha value is -15.3. The van der Waals surface area contributed by atoms with E-state index in [-0.39, 0.29) is 10.8 Å². The van der Waals surface area contributed by atoms with E-state index in [1.807, 2.05) is 0 Å². The average Bonchev–Trinajstić information content (AvgIpc) is 1.57. The van der Waals surface area contributed by atoms with Crippen molar-refractivity contribution >= 4 is 138 Å². The maximum Gasteiger partial charge on any atom is 0.180 e. The highest BCUT2D eigenvalue weighted by Gasteiger charge is 2.53. The van der Waals surface area contributed by atoms with E-state index in [0.717, 1.165) is 0 Å². The molecule has 0 saturated heterocycles. The van der Waals surface area contributed by atoms with Crippen LogP contribution in [-0.2, 0) is 10.8 Å². The lowest BCUT2D eigenvalue weighted by Gasteiger charge is -2.31. The first-order valence-corrected chi connectivity index (χ1v) is 59.3. The molecule has 0 radical (unpaired) electrons. The highest BCUT2D eigenvalue weighted by atomic mass is 28.3. The summed E-state index contributed by atoms with van der Waals surface area (Å²) in [4.78, 5) is 0. The summed E-state index contributed by atoms with van der Waals surface area (Å²) in [6.45, 7) is 20.1. The Morgan fingerprint density at radius 2 is 0.413 bits per heavy atom. The van der Waals surface area contributed by atoms with Crippen LogP contribution in [0.1, 0.15) is 49.9 Å². The maximum absolute atomic E-state index is 3.15. The van der Waals surface area contributed by atoms with Crippen LogP contribution in [0.5, 0.6) is 0 Å². The molecule has 4 aliphatic heterocycles. The van der Waals surface area contributed by atoms with Gasteiger partial charge in [0.05, 0.1) is 0 Å². The lowest BCUT2D eigenvalue weighted by molar-refractivity contribution is 0.662. The zero-order valence-corrected chi connectivity index (χ0v) is 82.7. The van der Waals surface area contributed by atoms with E-state index in [2.05, 4.69) is 503 Å². The summed E-state index contributed by atoms with van der Waals surface area (Å²) in [6.07, 6.45) is 0. The van der Waals surface area contributed by atoms with Crippen molar-refractivity contribution in [2.24, 2.45) is 0 Å². The third-order valence-corrected chi connectivity index (χ3v) is 50.5. The molecule has 0 saturated carbocycles. The third-order valence-electron chi connectivity index (χ3n) is 33.7. The summed E-state index contributed by atoms with van der Waals surface area (Å²) in [5.74, 6) is 0. The van der Waals surface area contributed by atoms with Crippen LogP contribution in [-0.4, -0.2) is 32.3 Å². The zero-order valence-electron chi connectivity index (χ0n) is 78.7. The number of benzene rings is 22. The summed E-state index contributed by atoms with van der Waals surface area (Å²) in [7, 11) is -10.1. The Labute approximate surface area is 811 Å². The van der Waals surface area contributed by atoms with Crippen molar-refractivity contribution in [2.75, 3.05) is 0 Å². The van der Waals surface area contributed by atoms with Gasteiger partial charge in [-0.15, -0.1) is 0 Å². The molecule has 0 bridgehead atoms. The van der Waals surface area contributed by atoms with E-state index in [1.165, 1.54) is 272 Å². The van der Waals surface area contributed by atoms with Crippen LogP contribution in [0.4, 0.5) is 0 Å². The van der Waals surface area contributed by atoms with Crippen molar-refractivity contribution in [1.82, 2.24) is 0 Å². The Balaban J connectivity index is 0.613.